The Labute approximate surface area is 221 Å². The van der Waals surface area contributed by atoms with Crippen LogP contribution in [0.25, 0.3) is 33.2 Å². The van der Waals surface area contributed by atoms with Crippen LogP contribution in [0.1, 0.15) is 75.6 Å². The third kappa shape index (κ3) is 4.29. The lowest BCUT2D eigenvalue weighted by Gasteiger charge is -2.39. The molecule has 4 aromatic carbocycles. The summed E-state index contributed by atoms with van der Waals surface area (Å²) in [6.07, 6.45) is 13.9. The SMILES string of the molecule is CC(C)=C/C(C)=C\C[C@]1(C)CC2=C(c3cc4ccccc4cc31)c1ccc3ccccc3c1/C=C\CC2. The second-order valence-electron chi connectivity index (χ2n) is 11.5. The molecule has 2 aliphatic carbocycles. The molecule has 0 radical (unpaired) electrons. The average Bonchev–Trinajstić information content (AvgIpc) is 2.88. The molecule has 0 bridgehead atoms. The Bertz CT molecular complexity index is 1650. The Morgan fingerprint density at radius 1 is 0.838 bits per heavy atom. The minimum atomic E-state index is 0.0644. The van der Waals surface area contributed by atoms with Gasteiger partial charge in [-0.05, 0) is 108 Å². The summed E-state index contributed by atoms with van der Waals surface area (Å²) in [7, 11) is 0. The lowest BCUT2D eigenvalue weighted by atomic mass is 9.64. The number of benzene rings is 4. The molecule has 0 aliphatic heterocycles. The van der Waals surface area contributed by atoms with E-state index in [9.17, 15) is 0 Å². The predicted octanol–water partition coefficient (Wildman–Crippen LogP) is 10.6. The van der Waals surface area contributed by atoms with Gasteiger partial charge in [0.2, 0.25) is 0 Å². The van der Waals surface area contributed by atoms with Crippen molar-refractivity contribution < 1.29 is 0 Å². The predicted molar refractivity (Wildman–Crippen MR) is 162 cm³/mol. The van der Waals surface area contributed by atoms with Crippen LogP contribution in [0, 0.1) is 0 Å². The number of fused-ring (bicyclic) bond motifs is 7. The summed E-state index contributed by atoms with van der Waals surface area (Å²) < 4.78 is 0. The third-order valence-corrected chi connectivity index (χ3v) is 8.29. The first kappa shape index (κ1) is 23.7. The quantitative estimate of drug-likeness (QED) is 0.256. The number of hydrogen-bond donors (Lipinski definition) is 0. The summed E-state index contributed by atoms with van der Waals surface area (Å²) in [4.78, 5) is 0. The van der Waals surface area contributed by atoms with Crippen molar-refractivity contribution in [3.63, 3.8) is 0 Å². The molecule has 184 valence electrons. The monoisotopic (exact) mass is 480 g/mol. The van der Waals surface area contributed by atoms with Crippen LogP contribution < -0.4 is 0 Å². The van der Waals surface area contributed by atoms with Crippen LogP contribution in [0.5, 0.6) is 0 Å². The van der Waals surface area contributed by atoms with E-state index in [1.807, 2.05) is 0 Å². The van der Waals surface area contributed by atoms with Crippen LogP contribution in [0.4, 0.5) is 0 Å². The van der Waals surface area contributed by atoms with Crippen molar-refractivity contribution in [2.75, 3.05) is 0 Å². The van der Waals surface area contributed by atoms with E-state index in [0.717, 1.165) is 25.7 Å². The highest BCUT2D eigenvalue weighted by molar-refractivity contribution is 6.01. The molecule has 37 heavy (non-hydrogen) atoms. The fourth-order valence-corrected chi connectivity index (χ4v) is 6.57. The van der Waals surface area contributed by atoms with Gasteiger partial charge in [-0.2, -0.15) is 0 Å². The van der Waals surface area contributed by atoms with Crippen molar-refractivity contribution in [1.29, 1.82) is 0 Å². The number of allylic oxidation sites excluding steroid dienone is 6. The topological polar surface area (TPSA) is 0 Å². The van der Waals surface area contributed by atoms with Gasteiger partial charge in [0.05, 0.1) is 0 Å². The summed E-state index contributed by atoms with van der Waals surface area (Å²) in [6.45, 7) is 9.10. The molecule has 2 aliphatic rings. The smallest absolute Gasteiger partial charge is 0.000318 e. The molecule has 0 unspecified atom stereocenters. The molecular formula is C37H36. The lowest BCUT2D eigenvalue weighted by molar-refractivity contribution is 0.459. The summed E-state index contributed by atoms with van der Waals surface area (Å²) in [5, 5.41) is 5.33. The van der Waals surface area contributed by atoms with Gasteiger partial charge in [-0.3, -0.25) is 0 Å². The molecule has 0 heterocycles. The van der Waals surface area contributed by atoms with E-state index in [1.54, 1.807) is 5.57 Å². The normalized spacial score (nSPS) is 20.1. The second-order valence-corrected chi connectivity index (χ2v) is 11.5. The van der Waals surface area contributed by atoms with Crippen molar-refractivity contribution in [1.82, 2.24) is 0 Å². The zero-order valence-electron chi connectivity index (χ0n) is 22.6. The molecule has 0 fully saturated rings. The average molecular weight is 481 g/mol. The maximum atomic E-state index is 2.49. The second kappa shape index (κ2) is 9.34. The Hall–Kier alpha value is -3.64. The van der Waals surface area contributed by atoms with Gasteiger partial charge in [-0.1, -0.05) is 109 Å². The largest absolute Gasteiger partial charge is 0.0836 e. The van der Waals surface area contributed by atoms with Crippen molar-refractivity contribution >= 4 is 33.2 Å². The highest BCUT2D eigenvalue weighted by Crippen LogP contribution is 2.51. The summed E-state index contributed by atoms with van der Waals surface area (Å²) in [5.41, 5.74) is 11.6. The van der Waals surface area contributed by atoms with Crippen molar-refractivity contribution in [2.45, 2.75) is 58.8 Å². The maximum Gasteiger partial charge on any atom is 0.000318 e. The highest BCUT2D eigenvalue weighted by atomic mass is 14.4. The molecule has 0 spiro atoms. The summed E-state index contributed by atoms with van der Waals surface area (Å²) in [5.74, 6) is 0. The Balaban J connectivity index is 1.61. The van der Waals surface area contributed by atoms with Gasteiger partial charge in [0.1, 0.15) is 0 Å². The van der Waals surface area contributed by atoms with E-state index in [1.165, 1.54) is 60.5 Å². The first-order valence-electron chi connectivity index (χ1n) is 13.7. The van der Waals surface area contributed by atoms with E-state index in [2.05, 4.69) is 125 Å². The van der Waals surface area contributed by atoms with Gasteiger partial charge in [0.15, 0.2) is 0 Å². The molecule has 0 amide bonds. The third-order valence-electron chi connectivity index (χ3n) is 8.29. The number of hydrogen-bond acceptors (Lipinski definition) is 0. The van der Waals surface area contributed by atoms with Gasteiger partial charge < -0.3 is 0 Å². The van der Waals surface area contributed by atoms with Gasteiger partial charge >= 0.3 is 0 Å². The first-order chi connectivity index (χ1) is 17.9. The van der Waals surface area contributed by atoms with Gasteiger partial charge in [0.25, 0.3) is 0 Å². The van der Waals surface area contributed by atoms with Gasteiger partial charge in [-0.25, -0.2) is 0 Å². The minimum absolute atomic E-state index is 0.0644. The van der Waals surface area contributed by atoms with Crippen LogP contribution in [0.15, 0.2) is 108 Å². The molecule has 1 atom stereocenters. The van der Waals surface area contributed by atoms with Crippen LogP contribution in [-0.2, 0) is 5.41 Å². The molecular weight excluding hydrogens is 444 g/mol. The molecule has 4 aromatic rings. The van der Waals surface area contributed by atoms with Gasteiger partial charge in [-0.15, -0.1) is 0 Å². The first-order valence-corrected chi connectivity index (χ1v) is 13.7. The molecule has 0 saturated carbocycles. The van der Waals surface area contributed by atoms with E-state index in [0.29, 0.717) is 0 Å². The Morgan fingerprint density at radius 3 is 2.35 bits per heavy atom. The highest BCUT2D eigenvalue weighted by Gasteiger charge is 2.36. The van der Waals surface area contributed by atoms with Crippen molar-refractivity contribution in [3.05, 3.63) is 130 Å². The van der Waals surface area contributed by atoms with Crippen LogP contribution in [-0.4, -0.2) is 0 Å². The van der Waals surface area contributed by atoms with E-state index < -0.39 is 0 Å². The molecule has 0 N–H and O–H groups in total. The lowest BCUT2D eigenvalue weighted by Crippen LogP contribution is -2.28. The van der Waals surface area contributed by atoms with Crippen molar-refractivity contribution in [3.8, 4) is 0 Å². The van der Waals surface area contributed by atoms with Crippen LogP contribution in [0.2, 0.25) is 0 Å². The fourth-order valence-electron chi connectivity index (χ4n) is 6.57. The maximum absolute atomic E-state index is 2.49. The fraction of sp³-hybridized carbons (Fsp3) is 0.243. The van der Waals surface area contributed by atoms with Crippen molar-refractivity contribution in [2.24, 2.45) is 0 Å². The minimum Gasteiger partial charge on any atom is -0.0836 e. The van der Waals surface area contributed by atoms with E-state index >= 15 is 0 Å². The summed E-state index contributed by atoms with van der Waals surface area (Å²) >= 11 is 0. The number of rotatable bonds is 3. The standard InChI is InChI=1S/C37H36/c1-25(2)21-26(3)19-20-37(4)24-30-14-8-10-16-32-31-15-9-7-11-27(31)17-18-33(32)36(30)34-22-28-12-5-6-13-29(28)23-35(34)37/h5-7,9-13,15-19,21-23H,8,14,20,24H2,1-4H3/b16-10-,26-19-/t37-/m1/s1. The van der Waals surface area contributed by atoms with E-state index in [-0.39, 0.29) is 5.41 Å². The zero-order chi connectivity index (χ0) is 25.6. The summed E-state index contributed by atoms with van der Waals surface area (Å²) in [6, 6.07) is 27.4. The van der Waals surface area contributed by atoms with Gasteiger partial charge in [0, 0.05) is 5.41 Å². The van der Waals surface area contributed by atoms with Crippen LogP contribution >= 0.6 is 0 Å². The molecule has 0 aromatic heterocycles. The van der Waals surface area contributed by atoms with E-state index in [4.69, 9.17) is 0 Å². The molecule has 0 nitrogen and oxygen atoms in total. The Morgan fingerprint density at radius 2 is 1.57 bits per heavy atom. The molecule has 0 saturated heterocycles. The Kier molecular flexibility index (Phi) is 6.00. The van der Waals surface area contributed by atoms with Crippen LogP contribution in [0.3, 0.4) is 0 Å². The molecule has 0 heteroatoms. The zero-order valence-corrected chi connectivity index (χ0v) is 22.6. The molecule has 6 rings (SSSR count).